The molecule has 2 aromatic rings. The van der Waals surface area contributed by atoms with Gasteiger partial charge in [-0.05, 0) is 33.6 Å². The summed E-state index contributed by atoms with van der Waals surface area (Å²) in [6.45, 7) is 5.13. The number of carboxylic acids is 1. The van der Waals surface area contributed by atoms with E-state index in [1.54, 1.807) is 32.9 Å². The largest absolute Gasteiger partial charge is 0.481 e. The van der Waals surface area contributed by atoms with Crippen LogP contribution in [-0.2, 0) is 9.59 Å². The summed E-state index contributed by atoms with van der Waals surface area (Å²) in [6, 6.07) is 1.64. The monoisotopic (exact) mass is 371 g/mol. The predicted octanol–water partition coefficient (Wildman–Crippen LogP) is 1.49. The van der Waals surface area contributed by atoms with Crippen LogP contribution in [0.25, 0.3) is 5.95 Å². The predicted molar refractivity (Wildman–Crippen MR) is 97.8 cm³/mol. The summed E-state index contributed by atoms with van der Waals surface area (Å²) in [6.07, 6.45) is 4.27. The quantitative estimate of drug-likeness (QED) is 0.698. The van der Waals surface area contributed by atoms with Crippen molar-refractivity contribution in [2.45, 2.75) is 33.6 Å². The Morgan fingerprint density at radius 3 is 2.52 bits per heavy atom. The molecule has 0 bridgehead atoms. The van der Waals surface area contributed by atoms with Gasteiger partial charge in [0.2, 0.25) is 11.9 Å². The third-order valence-corrected chi connectivity index (χ3v) is 4.75. The molecular weight excluding hydrogens is 350 g/mol. The van der Waals surface area contributed by atoms with Crippen molar-refractivity contribution in [3.8, 4) is 5.95 Å². The first-order valence-corrected chi connectivity index (χ1v) is 8.61. The zero-order valence-corrected chi connectivity index (χ0v) is 15.3. The number of nitrogens with one attached hydrogen (secondary N) is 2. The van der Waals surface area contributed by atoms with Gasteiger partial charge in [-0.25, -0.2) is 4.98 Å². The molecule has 1 amide bonds. The van der Waals surface area contributed by atoms with E-state index in [0.29, 0.717) is 35.6 Å². The van der Waals surface area contributed by atoms with Gasteiger partial charge in [0.05, 0.1) is 17.5 Å². The number of hydrogen-bond acceptors (Lipinski definition) is 5. The first kappa shape index (κ1) is 18.6. The zero-order chi connectivity index (χ0) is 19.7. The summed E-state index contributed by atoms with van der Waals surface area (Å²) in [5.41, 5.74) is 1.39. The average molecular weight is 371 g/mol. The highest BCUT2D eigenvalue weighted by atomic mass is 16.4. The van der Waals surface area contributed by atoms with Crippen LogP contribution in [0.1, 0.15) is 29.8 Å². The van der Waals surface area contributed by atoms with Gasteiger partial charge in [-0.1, -0.05) is 12.2 Å². The Bertz CT molecular complexity index is 988. The normalized spacial score (nSPS) is 19.1. The molecule has 0 spiro atoms. The van der Waals surface area contributed by atoms with E-state index in [9.17, 15) is 19.5 Å². The number of allylic oxidation sites excluding steroid dienone is 2. The van der Waals surface area contributed by atoms with E-state index in [1.165, 1.54) is 4.68 Å². The molecule has 27 heavy (non-hydrogen) atoms. The van der Waals surface area contributed by atoms with E-state index in [1.807, 2.05) is 6.08 Å². The first-order chi connectivity index (χ1) is 12.8. The summed E-state index contributed by atoms with van der Waals surface area (Å²) < 4.78 is 1.34. The number of aryl methyl sites for hydroxylation is 2. The minimum Gasteiger partial charge on any atom is -0.481 e. The van der Waals surface area contributed by atoms with Gasteiger partial charge in [0.15, 0.2) is 0 Å². The number of hydrogen-bond donors (Lipinski definition) is 3. The molecule has 0 saturated heterocycles. The molecule has 0 saturated carbocycles. The fourth-order valence-corrected chi connectivity index (χ4v) is 3.08. The Hall–Kier alpha value is -3.23. The highest BCUT2D eigenvalue weighted by Gasteiger charge is 2.34. The number of rotatable bonds is 4. The van der Waals surface area contributed by atoms with Crippen molar-refractivity contribution in [1.29, 1.82) is 0 Å². The molecule has 9 heteroatoms. The van der Waals surface area contributed by atoms with Crippen LogP contribution in [0.4, 0.5) is 5.82 Å². The lowest BCUT2D eigenvalue weighted by molar-refractivity contribution is -0.146. The fraction of sp³-hybridized carbons (Fsp3) is 0.389. The minimum atomic E-state index is -0.996. The summed E-state index contributed by atoms with van der Waals surface area (Å²) in [5, 5.41) is 16.4. The lowest BCUT2D eigenvalue weighted by Crippen LogP contribution is -2.35. The number of anilines is 1. The minimum absolute atomic E-state index is 0.185. The van der Waals surface area contributed by atoms with Crippen LogP contribution in [-0.4, -0.2) is 36.7 Å². The number of nitrogens with zero attached hydrogens (tertiary/aromatic N) is 3. The molecule has 2 aromatic heterocycles. The number of aromatic nitrogens is 4. The number of amides is 1. The van der Waals surface area contributed by atoms with Crippen LogP contribution in [0.15, 0.2) is 23.0 Å². The molecule has 2 atom stereocenters. The van der Waals surface area contributed by atoms with E-state index in [0.717, 1.165) is 0 Å². The van der Waals surface area contributed by atoms with Gasteiger partial charge in [-0.2, -0.15) is 9.78 Å². The molecule has 3 rings (SSSR count). The Balaban J connectivity index is 1.93. The highest BCUT2D eigenvalue weighted by molar-refractivity contribution is 5.95. The van der Waals surface area contributed by atoms with Crippen molar-refractivity contribution in [2.75, 3.05) is 5.32 Å². The van der Waals surface area contributed by atoms with Crippen LogP contribution in [0.3, 0.4) is 0 Å². The smallest absolute Gasteiger partial charge is 0.307 e. The maximum Gasteiger partial charge on any atom is 0.307 e. The second kappa shape index (κ2) is 7.18. The number of aliphatic carboxylic acids is 1. The van der Waals surface area contributed by atoms with Crippen LogP contribution >= 0.6 is 0 Å². The van der Waals surface area contributed by atoms with E-state index < -0.39 is 23.7 Å². The molecule has 0 radical (unpaired) electrons. The number of carbonyl (C=O) groups is 2. The summed E-state index contributed by atoms with van der Waals surface area (Å²) in [7, 11) is 0. The maximum atomic E-state index is 12.7. The van der Waals surface area contributed by atoms with E-state index in [2.05, 4.69) is 20.4 Å². The van der Waals surface area contributed by atoms with Gasteiger partial charge in [0.1, 0.15) is 5.82 Å². The molecule has 0 fully saturated rings. The number of carbonyl (C=O) groups excluding carboxylic acids is 1. The summed E-state index contributed by atoms with van der Waals surface area (Å²) >= 11 is 0. The second-order valence-corrected chi connectivity index (χ2v) is 6.67. The summed E-state index contributed by atoms with van der Waals surface area (Å²) in [4.78, 5) is 43.2. The molecule has 2 heterocycles. The number of H-pyrrole nitrogens is 1. The van der Waals surface area contributed by atoms with Crippen molar-refractivity contribution in [3.63, 3.8) is 0 Å². The number of aromatic amines is 1. The highest BCUT2D eigenvalue weighted by Crippen LogP contribution is 2.27. The molecule has 1 aliphatic rings. The number of carboxylic acid groups (broad SMARTS) is 1. The third-order valence-electron chi connectivity index (χ3n) is 4.75. The second-order valence-electron chi connectivity index (χ2n) is 6.67. The molecule has 0 aliphatic heterocycles. The van der Waals surface area contributed by atoms with Crippen LogP contribution in [0.2, 0.25) is 0 Å². The maximum absolute atomic E-state index is 12.7. The van der Waals surface area contributed by atoms with Crippen LogP contribution in [0.5, 0.6) is 0 Å². The molecule has 142 valence electrons. The molecule has 3 N–H and O–H groups in total. The van der Waals surface area contributed by atoms with Gasteiger partial charge in [-0.15, -0.1) is 0 Å². The topological polar surface area (TPSA) is 130 Å². The van der Waals surface area contributed by atoms with Gasteiger partial charge < -0.3 is 10.4 Å². The molecule has 0 unspecified atom stereocenters. The van der Waals surface area contributed by atoms with Crippen LogP contribution < -0.4 is 10.9 Å². The van der Waals surface area contributed by atoms with E-state index in [4.69, 9.17) is 0 Å². The Kier molecular flexibility index (Phi) is 4.93. The van der Waals surface area contributed by atoms with Gasteiger partial charge >= 0.3 is 5.97 Å². The Morgan fingerprint density at radius 2 is 1.89 bits per heavy atom. The summed E-state index contributed by atoms with van der Waals surface area (Å²) in [5.74, 6) is -2.34. The Morgan fingerprint density at radius 1 is 1.22 bits per heavy atom. The zero-order valence-electron chi connectivity index (χ0n) is 15.3. The molecule has 1 aliphatic carbocycles. The lowest BCUT2D eigenvalue weighted by atomic mass is 9.82. The fourth-order valence-electron chi connectivity index (χ4n) is 3.08. The average Bonchev–Trinajstić information content (AvgIpc) is 2.99. The van der Waals surface area contributed by atoms with Crippen molar-refractivity contribution in [2.24, 2.45) is 11.8 Å². The molecular formula is C18H21N5O4. The standard InChI is InChI=1S/C18H21N5O4/c1-9-8-14(20-16(25)12-6-4-5-7-13(12)17(26)27)23(22-9)18-19-11(3)10(2)15(24)21-18/h4-5,8,12-13H,6-7H2,1-3H3,(H,20,25)(H,26,27)(H,19,21,24)/t12-,13-/m1/s1. The van der Waals surface area contributed by atoms with E-state index >= 15 is 0 Å². The van der Waals surface area contributed by atoms with Crippen molar-refractivity contribution < 1.29 is 14.7 Å². The Labute approximate surface area is 155 Å². The SMILES string of the molecule is Cc1cc(NC(=O)[C@@H]2CC=CC[C@H]2C(=O)O)n(-c2nc(C)c(C)c(=O)[nH]2)n1. The third kappa shape index (κ3) is 3.67. The van der Waals surface area contributed by atoms with Crippen molar-refractivity contribution in [3.05, 3.63) is 45.5 Å². The molecule has 0 aromatic carbocycles. The van der Waals surface area contributed by atoms with Gasteiger partial charge in [-0.3, -0.25) is 19.4 Å². The van der Waals surface area contributed by atoms with Crippen LogP contribution in [0, 0.1) is 32.6 Å². The van der Waals surface area contributed by atoms with Crippen molar-refractivity contribution >= 4 is 17.7 Å². The lowest BCUT2D eigenvalue weighted by Gasteiger charge is -2.24. The van der Waals surface area contributed by atoms with E-state index in [-0.39, 0.29) is 11.5 Å². The first-order valence-electron chi connectivity index (χ1n) is 8.61. The van der Waals surface area contributed by atoms with Crippen molar-refractivity contribution in [1.82, 2.24) is 19.7 Å². The molecule has 9 nitrogen and oxygen atoms in total. The van der Waals surface area contributed by atoms with Gasteiger partial charge in [0, 0.05) is 17.3 Å². The van der Waals surface area contributed by atoms with Gasteiger partial charge in [0.25, 0.3) is 5.56 Å².